The number of aromatic nitrogens is 1. The lowest BCUT2D eigenvalue weighted by Crippen LogP contribution is -2.34. The van der Waals surface area contributed by atoms with E-state index in [1.807, 2.05) is 0 Å². The topological polar surface area (TPSA) is 69.1 Å². The zero-order chi connectivity index (χ0) is 12.3. The molecule has 1 aliphatic heterocycles. The summed E-state index contributed by atoms with van der Waals surface area (Å²) in [6.45, 7) is 3.40. The van der Waals surface area contributed by atoms with Gasteiger partial charge >= 0.3 is 0 Å². The number of rotatable bonds is 2. The third-order valence-corrected chi connectivity index (χ3v) is 2.85. The molecule has 17 heavy (non-hydrogen) atoms. The molecule has 1 saturated heterocycles. The van der Waals surface area contributed by atoms with Crippen molar-refractivity contribution in [2.24, 2.45) is 0 Å². The Balaban J connectivity index is 2.25. The molecular weight excluding hydrogens is 218 g/mol. The lowest BCUT2D eigenvalue weighted by molar-refractivity contribution is -0.0762. The Morgan fingerprint density at radius 3 is 2.76 bits per heavy atom. The number of hydrogen-bond donors (Lipinski definition) is 1. The second kappa shape index (κ2) is 5.02. The summed E-state index contributed by atoms with van der Waals surface area (Å²) in [4.78, 5) is 19.5. The van der Waals surface area contributed by atoms with Crippen LogP contribution in [-0.4, -0.2) is 23.1 Å². The minimum Gasteiger partial charge on any atom is -0.386 e. The van der Waals surface area contributed by atoms with E-state index in [9.17, 15) is 4.79 Å². The van der Waals surface area contributed by atoms with Gasteiger partial charge in [-0.15, -0.1) is 5.06 Å². The molecule has 5 heteroatoms. The number of aromatic amines is 1. The van der Waals surface area contributed by atoms with Crippen molar-refractivity contribution < 1.29 is 4.84 Å². The SMILES string of the molecule is Cc1cc(=O)[nH]c(ON2CCCCC2)c1C#N. The first-order valence-electron chi connectivity index (χ1n) is 5.77. The normalized spacial score (nSPS) is 16.5. The second-order valence-corrected chi connectivity index (χ2v) is 4.21. The van der Waals surface area contributed by atoms with E-state index < -0.39 is 0 Å². The first-order valence-corrected chi connectivity index (χ1v) is 5.77. The van der Waals surface area contributed by atoms with Crippen LogP contribution in [0.15, 0.2) is 10.9 Å². The van der Waals surface area contributed by atoms with E-state index in [1.54, 1.807) is 12.0 Å². The molecule has 2 rings (SSSR count). The summed E-state index contributed by atoms with van der Waals surface area (Å²) in [5.41, 5.74) is 0.798. The standard InChI is InChI=1S/C12H15N3O2/c1-9-7-11(16)14-12(10(9)8-13)17-15-5-3-2-4-6-15/h7H,2-6H2,1H3,(H,14,16). The smallest absolute Gasteiger partial charge is 0.251 e. The fourth-order valence-electron chi connectivity index (χ4n) is 1.95. The van der Waals surface area contributed by atoms with Crippen LogP contribution in [0.25, 0.3) is 0 Å². The molecule has 1 N–H and O–H groups in total. The average Bonchev–Trinajstić information content (AvgIpc) is 2.30. The second-order valence-electron chi connectivity index (χ2n) is 4.21. The molecule has 2 heterocycles. The maximum atomic E-state index is 11.4. The predicted octanol–water partition coefficient (Wildman–Crippen LogP) is 1.33. The van der Waals surface area contributed by atoms with Gasteiger partial charge in [-0.05, 0) is 25.3 Å². The van der Waals surface area contributed by atoms with Gasteiger partial charge in [0.2, 0.25) is 5.88 Å². The van der Waals surface area contributed by atoms with Crippen molar-refractivity contribution in [1.82, 2.24) is 10.0 Å². The first-order chi connectivity index (χ1) is 8.20. The molecule has 0 aromatic carbocycles. The van der Waals surface area contributed by atoms with Crippen LogP contribution >= 0.6 is 0 Å². The van der Waals surface area contributed by atoms with Gasteiger partial charge in [0.15, 0.2) is 0 Å². The van der Waals surface area contributed by atoms with Gasteiger partial charge in [0.1, 0.15) is 11.6 Å². The summed E-state index contributed by atoms with van der Waals surface area (Å²) in [5.74, 6) is 0.263. The highest BCUT2D eigenvalue weighted by atomic mass is 16.7. The van der Waals surface area contributed by atoms with E-state index in [0.29, 0.717) is 11.1 Å². The van der Waals surface area contributed by atoms with Crippen LogP contribution < -0.4 is 10.4 Å². The number of H-pyrrole nitrogens is 1. The highest BCUT2D eigenvalue weighted by molar-refractivity contribution is 5.43. The van der Waals surface area contributed by atoms with Crippen molar-refractivity contribution in [3.63, 3.8) is 0 Å². The molecule has 1 aliphatic rings. The summed E-state index contributed by atoms with van der Waals surface area (Å²) in [6, 6.07) is 3.46. The molecule has 1 aromatic rings. The third-order valence-electron chi connectivity index (χ3n) is 2.85. The number of aryl methyl sites for hydroxylation is 1. The van der Waals surface area contributed by atoms with E-state index in [4.69, 9.17) is 10.1 Å². The van der Waals surface area contributed by atoms with E-state index in [-0.39, 0.29) is 11.4 Å². The van der Waals surface area contributed by atoms with Crippen LogP contribution in [0.1, 0.15) is 30.4 Å². The van der Waals surface area contributed by atoms with Gasteiger partial charge in [0.05, 0.1) is 0 Å². The molecule has 0 bridgehead atoms. The highest BCUT2D eigenvalue weighted by Gasteiger charge is 2.16. The lowest BCUT2D eigenvalue weighted by atomic mass is 10.1. The van der Waals surface area contributed by atoms with Gasteiger partial charge in [-0.1, -0.05) is 6.42 Å². The van der Waals surface area contributed by atoms with Crippen molar-refractivity contribution in [1.29, 1.82) is 5.26 Å². The molecule has 0 unspecified atom stereocenters. The van der Waals surface area contributed by atoms with Crippen molar-refractivity contribution in [2.75, 3.05) is 13.1 Å². The Labute approximate surface area is 99.6 Å². The van der Waals surface area contributed by atoms with Gasteiger partial charge in [0.25, 0.3) is 5.56 Å². The quantitative estimate of drug-likeness (QED) is 0.836. The number of nitrogens with one attached hydrogen (secondary N) is 1. The molecule has 5 nitrogen and oxygen atoms in total. The average molecular weight is 233 g/mol. The van der Waals surface area contributed by atoms with Crippen LogP contribution in [0.3, 0.4) is 0 Å². The zero-order valence-corrected chi connectivity index (χ0v) is 9.82. The van der Waals surface area contributed by atoms with Crippen molar-refractivity contribution >= 4 is 0 Å². The molecule has 1 aromatic heterocycles. The maximum absolute atomic E-state index is 11.4. The van der Waals surface area contributed by atoms with Crippen LogP contribution in [-0.2, 0) is 0 Å². The maximum Gasteiger partial charge on any atom is 0.251 e. The Morgan fingerprint density at radius 2 is 2.12 bits per heavy atom. The Kier molecular flexibility index (Phi) is 3.45. The summed E-state index contributed by atoms with van der Waals surface area (Å²) in [5, 5.41) is 10.8. The van der Waals surface area contributed by atoms with Crippen LogP contribution in [0.5, 0.6) is 5.88 Å². The van der Waals surface area contributed by atoms with E-state index in [1.165, 1.54) is 12.5 Å². The number of pyridine rings is 1. The fraction of sp³-hybridized carbons (Fsp3) is 0.500. The molecule has 1 fully saturated rings. The zero-order valence-electron chi connectivity index (χ0n) is 9.82. The van der Waals surface area contributed by atoms with Crippen LogP contribution in [0, 0.1) is 18.3 Å². The Morgan fingerprint density at radius 1 is 1.41 bits per heavy atom. The first kappa shape index (κ1) is 11.7. The van der Waals surface area contributed by atoms with Gasteiger partial charge < -0.3 is 4.84 Å². The minimum absolute atomic E-state index is 0.242. The Bertz CT molecular complexity index is 495. The molecule has 90 valence electrons. The molecule has 0 atom stereocenters. The lowest BCUT2D eigenvalue weighted by Gasteiger charge is -2.26. The molecule has 0 saturated carbocycles. The van der Waals surface area contributed by atoms with Gasteiger partial charge in [-0.3, -0.25) is 9.78 Å². The van der Waals surface area contributed by atoms with Crippen molar-refractivity contribution in [2.45, 2.75) is 26.2 Å². The summed E-state index contributed by atoms with van der Waals surface area (Å²) in [7, 11) is 0. The van der Waals surface area contributed by atoms with E-state index in [2.05, 4.69) is 11.1 Å². The fourth-order valence-corrected chi connectivity index (χ4v) is 1.95. The van der Waals surface area contributed by atoms with Crippen LogP contribution in [0.4, 0.5) is 0 Å². The van der Waals surface area contributed by atoms with Gasteiger partial charge in [-0.2, -0.15) is 5.26 Å². The number of piperidine rings is 1. The van der Waals surface area contributed by atoms with E-state index >= 15 is 0 Å². The molecule has 0 aliphatic carbocycles. The number of nitrogens with zero attached hydrogens (tertiary/aromatic N) is 2. The minimum atomic E-state index is -0.242. The van der Waals surface area contributed by atoms with Crippen molar-refractivity contribution in [3.05, 3.63) is 27.5 Å². The number of nitriles is 1. The molecular formula is C12H15N3O2. The molecule has 0 spiro atoms. The van der Waals surface area contributed by atoms with Gasteiger partial charge in [-0.25, -0.2) is 0 Å². The Hall–Kier alpha value is -1.80. The number of hydrogen-bond acceptors (Lipinski definition) is 4. The largest absolute Gasteiger partial charge is 0.386 e. The summed E-state index contributed by atoms with van der Waals surface area (Å²) in [6.07, 6.45) is 3.37. The summed E-state index contributed by atoms with van der Waals surface area (Å²) >= 11 is 0. The molecule has 0 amide bonds. The van der Waals surface area contributed by atoms with Crippen molar-refractivity contribution in [3.8, 4) is 11.9 Å². The third kappa shape index (κ3) is 2.66. The molecule has 0 radical (unpaired) electrons. The highest BCUT2D eigenvalue weighted by Crippen LogP contribution is 2.18. The summed E-state index contributed by atoms with van der Waals surface area (Å²) < 4.78 is 0. The van der Waals surface area contributed by atoms with Crippen LogP contribution in [0.2, 0.25) is 0 Å². The van der Waals surface area contributed by atoms with Gasteiger partial charge in [0, 0.05) is 19.2 Å². The number of hydroxylamine groups is 2. The predicted molar refractivity (Wildman–Crippen MR) is 62.6 cm³/mol. The van der Waals surface area contributed by atoms with E-state index in [0.717, 1.165) is 25.9 Å². The monoisotopic (exact) mass is 233 g/mol.